The minimum atomic E-state index is -0.326. The van der Waals surface area contributed by atoms with Crippen LogP contribution < -0.4 is 10.1 Å². The number of carbonyl (C=O) groups is 1. The SMILES string of the molecule is CC(C)(C)c1nnc(NC(=O)COc2cc(Cl)cc(Cl)c2)s1. The highest BCUT2D eigenvalue weighted by Crippen LogP contribution is 2.28. The summed E-state index contributed by atoms with van der Waals surface area (Å²) in [4.78, 5) is 11.9. The van der Waals surface area contributed by atoms with Gasteiger partial charge in [-0.2, -0.15) is 0 Å². The van der Waals surface area contributed by atoms with Crippen LogP contribution in [0.5, 0.6) is 5.75 Å². The summed E-state index contributed by atoms with van der Waals surface area (Å²) in [5.41, 5.74) is -0.102. The lowest BCUT2D eigenvalue weighted by Gasteiger charge is -2.12. The summed E-state index contributed by atoms with van der Waals surface area (Å²) in [5, 5.41) is 12.8. The second kappa shape index (κ2) is 6.81. The van der Waals surface area contributed by atoms with E-state index in [1.54, 1.807) is 18.2 Å². The Balaban J connectivity index is 1.92. The van der Waals surface area contributed by atoms with E-state index in [0.717, 1.165) is 5.01 Å². The van der Waals surface area contributed by atoms with Gasteiger partial charge in [-0.1, -0.05) is 55.3 Å². The van der Waals surface area contributed by atoms with Crippen molar-refractivity contribution in [3.63, 3.8) is 0 Å². The molecule has 1 N–H and O–H groups in total. The monoisotopic (exact) mass is 359 g/mol. The van der Waals surface area contributed by atoms with Crippen LogP contribution >= 0.6 is 34.5 Å². The van der Waals surface area contributed by atoms with Crippen LogP contribution in [0.25, 0.3) is 0 Å². The smallest absolute Gasteiger partial charge is 0.264 e. The number of aromatic nitrogens is 2. The van der Waals surface area contributed by atoms with Gasteiger partial charge >= 0.3 is 0 Å². The lowest BCUT2D eigenvalue weighted by Crippen LogP contribution is -2.20. The van der Waals surface area contributed by atoms with Gasteiger partial charge in [0.1, 0.15) is 10.8 Å². The van der Waals surface area contributed by atoms with Crippen LogP contribution in [0.4, 0.5) is 5.13 Å². The highest BCUT2D eigenvalue weighted by Gasteiger charge is 2.20. The number of rotatable bonds is 4. The van der Waals surface area contributed by atoms with Crippen molar-refractivity contribution in [3.8, 4) is 5.75 Å². The fraction of sp³-hybridized carbons (Fsp3) is 0.357. The molecule has 0 aliphatic carbocycles. The molecule has 0 fully saturated rings. The van der Waals surface area contributed by atoms with Gasteiger partial charge in [-0.15, -0.1) is 10.2 Å². The number of carbonyl (C=O) groups excluding carboxylic acids is 1. The average Bonchev–Trinajstić information content (AvgIpc) is 2.83. The lowest BCUT2D eigenvalue weighted by atomic mass is 9.98. The summed E-state index contributed by atoms with van der Waals surface area (Å²) in [7, 11) is 0. The maximum absolute atomic E-state index is 11.9. The van der Waals surface area contributed by atoms with Gasteiger partial charge in [0.15, 0.2) is 6.61 Å². The predicted molar refractivity (Wildman–Crippen MR) is 89.2 cm³/mol. The lowest BCUT2D eigenvalue weighted by molar-refractivity contribution is -0.118. The van der Waals surface area contributed by atoms with Gasteiger partial charge in [0, 0.05) is 15.5 Å². The van der Waals surface area contributed by atoms with E-state index in [-0.39, 0.29) is 17.9 Å². The summed E-state index contributed by atoms with van der Waals surface area (Å²) in [6, 6.07) is 4.76. The van der Waals surface area contributed by atoms with E-state index in [1.165, 1.54) is 11.3 Å². The molecule has 2 aromatic rings. The number of halogens is 2. The number of hydrogen-bond donors (Lipinski definition) is 1. The van der Waals surface area contributed by atoms with Crippen molar-refractivity contribution in [2.75, 3.05) is 11.9 Å². The molecule has 0 saturated heterocycles. The standard InChI is InChI=1S/C14H15Cl2N3O2S/c1-14(2,3)12-18-19-13(22-12)17-11(20)7-21-10-5-8(15)4-9(16)6-10/h4-6H,7H2,1-3H3,(H,17,19,20). The molecule has 0 aliphatic heterocycles. The van der Waals surface area contributed by atoms with Gasteiger partial charge in [0.05, 0.1) is 0 Å². The van der Waals surface area contributed by atoms with E-state index >= 15 is 0 Å². The van der Waals surface area contributed by atoms with Crippen molar-refractivity contribution >= 4 is 45.6 Å². The zero-order chi connectivity index (χ0) is 16.3. The van der Waals surface area contributed by atoms with Crippen molar-refractivity contribution in [1.29, 1.82) is 0 Å². The number of benzene rings is 1. The van der Waals surface area contributed by atoms with Gasteiger partial charge in [0.2, 0.25) is 5.13 Å². The van der Waals surface area contributed by atoms with Crippen LogP contribution in [0.15, 0.2) is 18.2 Å². The van der Waals surface area contributed by atoms with Crippen molar-refractivity contribution < 1.29 is 9.53 Å². The largest absolute Gasteiger partial charge is 0.484 e. The first-order valence-electron chi connectivity index (χ1n) is 6.47. The van der Waals surface area contributed by atoms with Crippen LogP contribution in [0, 0.1) is 0 Å². The molecule has 0 saturated carbocycles. The second-order valence-corrected chi connectivity index (χ2v) is 7.45. The Labute approximate surface area is 142 Å². The van der Waals surface area contributed by atoms with Gasteiger partial charge in [-0.3, -0.25) is 10.1 Å². The molecule has 1 amide bonds. The van der Waals surface area contributed by atoms with Gasteiger partial charge in [-0.25, -0.2) is 0 Å². The van der Waals surface area contributed by atoms with Crippen LogP contribution in [-0.4, -0.2) is 22.7 Å². The Morgan fingerprint density at radius 1 is 1.23 bits per heavy atom. The van der Waals surface area contributed by atoms with Crippen molar-refractivity contribution in [2.45, 2.75) is 26.2 Å². The quantitative estimate of drug-likeness (QED) is 0.889. The molecule has 2 rings (SSSR count). The Morgan fingerprint density at radius 2 is 1.86 bits per heavy atom. The van der Waals surface area contributed by atoms with E-state index in [4.69, 9.17) is 27.9 Å². The molecule has 1 heterocycles. The van der Waals surface area contributed by atoms with Crippen LogP contribution in [0.1, 0.15) is 25.8 Å². The fourth-order valence-electron chi connectivity index (χ4n) is 1.49. The third-order valence-electron chi connectivity index (χ3n) is 2.52. The summed E-state index contributed by atoms with van der Waals surface area (Å²) < 4.78 is 5.35. The van der Waals surface area contributed by atoms with E-state index in [9.17, 15) is 4.79 Å². The highest BCUT2D eigenvalue weighted by atomic mass is 35.5. The molecule has 22 heavy (non-hydrogen) atoms. The number of nitrogens with one attached hydrogen (secondary N) is 1. The Morgan fingerprint density at radius 3 is 2.41 bits per heavy atom. The molecule has 0 radical (unpaired) electrons. The van der Waals surface area contributed by atoms with E-state index in [1.807, 2.05) is 20.8 Å². The van der Waals surface area contributed by atoms with E-state index in [0.29, 0.717) is 20.9 Å². The van der Waals surface area contributed by atoms with Crippen molar-refractivity contribution in [2.24, 2.45) is 0 Å². The summed E-state index contributed by atoms with van der Waals surface area (Å²) >= 11 is 13.1. The molecule has 0 atom stereocenters. The molecule has 1 aromatic carbocycles. The van der Waals surface area contributed by atoms with Gasteiger partial charge < -0.3 is 4.74 Å². The third-order valence-corrected chi connectivity index (χ3v) is 4.22. The minimum absolute atomic E-state index is 0.102. The number of ether oxygens (including phenoxy) is 1. The molecule has 0 aliphatic rings. The first-order chi connectivity index (χ1) is 10.2. The Hall–Kier alpha value is -1.37. The van der Waals surface area contributed by atoms with Crippen molar-refractivity contribution in [1.82, 2.24) is 10.2 Å². The maximum atomic E-state index is 11.9. The van der Waals surface area contributed by atoms with Crippen molar-refractivity contribution in [3.05, 3.63) is 33.3 Å². The third kappa shape index (κ3) is 4.83. The van der Waals surface area contributed by atoms with Gasteiger partial charge in [-0.05, 0) is 18.2 Å². The number of hydrogen-bond acceptors (Lipinski definition) is 5. The maximum Gasteiger partial charge on any atom is 0.264 e. The average molecular weight is 360 g/mol. The first kappa shape index (κ1) is 17.0. The number of anilines is 1. The molecule has 5 nitrogen and oxygen atoms in total. The molecular weight excluding hydrogens is 345 g/mol. The molecule has 0 spiro atoms. The van der Waals surface area contributed by atoms with Gasteiger partial charge in [0.25, 0.3) is 5.91 Å². The fourth-order valence-corrected chi connectivity index (χ4v) is 2.82. The van der Waals surface area contributed by atoms with Crippen LogP contribution in [0.3, 0.4) is 0 Å². The van der Waals surface area contributed by atoms with E-state index < -0.39 is 0 Å². The summed E-state index contributed by atoms with van der Waals surface area (Å²) in [5.74, 6) is 0.105. The zero-order valence-electron chi connectivity index (χ0n) is 12.3. The predicted octanol–water partition coefficient (Wildman–Crippen LogP) is 4.16. The minimum Gasteiger partial charge on any atom is -0.484 e. The number of nitrogens with zero attached hydrogens (tertiary/aromatic N) is 2. The Kier molecular flexibility index (Phi) is 5.26. The molecule has 8 heteroatoms. The van der Waals surface area contributed by atoms with Crippen LogP contribution in [-0.2, 0) is 10.2 Å². The topological polar surface area (TPSA) is 64.1 Å². The molecular formula is C14H15Cl2N3O2S. The molecule has 0 unspecified atom stereocenters. The second-order valence-electron chi connectivity index (χ2n) is 5.60. The molecule has 0 bridgehead atoms. The molecule has 118 valence electrons. The zero-order valence-corrected chi connectivity index (χ0v) is 14.6. The summed E-state index contributed by atoms with van der Waals surface area (Å²) in [6.45, 7) is 5.93. The first-order valence-corrected chi connectivity index (χ1v) is 8.04. The van der Waals surface area contributed by atoms with E-state index in [2.05, 4.69) is 15.5 Å². The number of amides is 1. The normalized spacial score (nSPS) is 11.3. The Bertz CT molecular complexity index is 663. The van der Waals surface area contributed by atoms with Crippen LogP contribution in [0.2, 0.25) is 10.0 Å². The molecule has 1 aromatic heterocycles. The highest BCUT2D eigenvalue weighted by molar-refractivity contribution is 7.15. The summed E-state index contributed by atoms with van der Waals surface area (Å²) in [6.07, 6.45) is 0.